The molecule has 0 amide bonds. The van der Waals surface area contributed by atoms with Gasteiger partial charge in [-0.3, -0.25) is 0 Å². The number of benzene rings is 5. The molecule has 0 atom stereocenters. The van der Waals surface area contributed by atoms with E-state index in [1.165, 1.54) is 0 Å². The lowest BCUT2D eigenvalue weighted by Crippen LogP contribution is -1.92. The zero-order valence-electron chi connectivity index (χ0n) is 16.4. The van der Waals surface area contributed by atoms with Crippen molar-refractivity contribution in [1.29, 1.82) is 0 Å². The van der Waals surface area contributed by atoms with E-state index in [0.29, 0.717) is 5.75 Å². The second kappa shape index (κ2) is 6.71. The monoisotopic (exact) mass is 402 g/mol. The molecule has 0 aromatic heterocycles. The Hall–Kier alpha value is -3.17. The van der Waals surface area contributed by atoms with Crippen molar-refractivity contribution >= 4 is 54.7 Å². The lowest BCUT2D eigenvalue weighted by Gasteiger charge is -2.15. The maximum atomic E-state index is 6.89. The summed E-state index contributed by atoms with van der Waals surface area (Å²) < 4.78 is 16.5. The molecule has 3 nitrogen and oxygen atoms in total. The van der Waals surface area contributed by atoms with Crippen LogP contribution in [0.3, 0.4) is 0 Å². The molecule has 0 N–H and O–H groups in total. The second-order valence-electron chi connectivity index (χ2n) is 7.00. The molecule has 5 rings (SSSR count). The Kier molecular flexibility index (Phi) is 4.14. The van der Waals surface area contributed by atoms with Gasteiger partial charge >= 0.3 is 0 Å². The van der Waals surface area contributed by atoms with Crippen LogP contribution in [0.15, 0.2) is 60.7 Å². The molecule has 0 saturated carbocycles. The van der Waals surface area contributed by atoms with Crippen LogP contribution in [0.1, 0.15) is 0 Å². The van der Waals surface area contributed by atoms with E-state index in [1.54, 1.807) is 21.3 Å². The van der Waals surface area contributed by atoms with Crippen molar-refractivity contribution in [2.24, 2.45) is 0 Å². The van der Waals surface area contributed by atoms with Crippen molar-refractivity contribution in [3.8, 4) is 17.2 Å². The first-order valence-electron chi connectivity index (χ1n) is 9.32. The van der Waals surface area contributed by atoms with Crippen LogP contribution in [0.4, 0.5) is 0 Å². The fourth-order valence-corrected chi connectivity index (χ4v) is 4.52. The molecule has 0 saturated heterocycles. The maximum Gasteiger partial charge on any atom is 0.168 e. The molecule has 5 aromatic carbocycles. The van der Waals surface area contributed by atoms with E-state index in [1.807, 2.05) is 24.3 Å². The number of hydrogen-bond donors (Lipinski definition) is 0. The maximum absolute atomic E-state index is 6.89. The van der Waals surface area contributed by atoms with Crippen molar-refractivity contribution in [2.75, 3.05) is 21.3 Å². The summed E-state index contributed by atoms with van der Waals surface area (Å²) in [6, 6.07) is 20.6. The lowest BCUT2D eigenvalue weighted by molar-refractivity contribution is 0.358. The highest BCUT2D eigenvalue weighted by Crippen LogP contribution is 2.43. The third-order valence-corrected chi connectivity index (χ3v) is 6.02. The third kappa shape index (κ3) is 2.58. The van der Waals surface area contributed by atoms with E-state index in [0.717, 1.165) is 59.6 Å². The van der Waals surface area contributed by atoms with Gasteiger partial charge in [0.05, 0.1) is 26.4 Å². The van der Waals surface area contributed by atoms with Gasteiger partial charge in [-0.2, -0.15) is 0 Å². The average Bonchev–Trinajstić information content (AvgIpc) is 2.77. The first-order chi connectivity index (χ1) is 14.2. The van der Waals surface area contributed by atoms with Gasteiger partial charge in [-0.1, -0.05) is 35.9 Å². The fourth-order valence-electron chi connectivity index (χ4n) is 4.19. The largest absolute Gasteiger partial charge is 0.497 e. The molecule has 5 aromatic rings. The Morgan fingerprint density at radius 3 is 1.93 bits per heavy atom. The third-order valence-electron chi connectivity index (χ3n) is 5.61. The van der Waals surface area contributed by atoms with E-state index in [9.17, 15) is 0 Å². The van der Waals surface area contributed by atoms with Gasteiger partial charge in [0.2, 0.25) is 0 Å². The summed E-state index contributed by atoms with van der Waals surface area (Å²) in [4.78, 5) is 0. The Labute approximate surface area is 173 Å². The molecule has 0 bridgehead atoms. The van der Waals surface area contributed by atoms with E-state index in [4.69, 9.17) is 25.8 Å². The van der Waals surface area contributed by atoms with Gasteiger partial charge in [0.25, 0.3) is 0 Å². The Morgan fingerprint density at radius 2 is 1.21 bits per heavy atom. The van der Waals surface area contributed by atoms with Gasteiger partial charge in [-0.05, 0) is 63.3 Å². The molecule has 0 fully saturated rings. The van der Waals surface area contributed by atoms with Crippen LogP contribution in [0.5, 0.6) is 17.2 Å². The molecule has 0 spiro atoms. The van der Waals surface area contributed by atoms with Gasteiger partial charge < -0.3 is 14.2 Å². The Balaban J connectivity index is 1.95. The summed E-state index contributed by atoms with van der Waals surface area (Å²) in [7, 11) is 4.99. The van der Waals surface area contributed by atoms with Crippen LogP contribution >= 0.6 is 11.6 Å². The predicted molar refractivity (Wildman–Crippen MR) is 121 cm³/mol. The molecular formula is C25H19ClO3. The molecule has 0 radical (unpaired) electrons. The van der Waals surface area contributed by atoms with Crippen molar-refractivity contribution < 1.29 is 14.2 Å². The minimum Gasteiger partial charge on any atom is -0.497 e. The van der Waals surface area contributed by atoms with Crippen molar-refractivity contribution in [2.45, 2.75) is 0 Å². The zero-order valence-corrected chi connectivity index (χ0v) is 17.1. The van der Waals surface area contributed by atoms with E-state index in [-0.39, 0.29) is 0 Å². The van der Waals surface area contributed by atoms with Crippen LogP contribution in [-0.2, 0) is 0 Å². The van der Waals surface area contributed by atoms with Gasteiger partial charge in [0.15, 0.2) is 11.5 Å². The number of fused-ring (bicyclic) bond motifs is 6. The summed E-state index contributed by atoms with van der Waals surface area (Å²) in [5.41, 5.74) is 0. The van der Waals surface area contributed by atoms with E-state index < -0.39 is 0 Å². The standard InChI is InChI=1S/C25H19ClO3/c1-27-15-5-7-16-14(12-15)4-6-18-21(16)13-22-17-10-11-23(28-2)25(29-3)20(17)9-8-19(22)24(18)26/h4-13H,1-3H3. The highest BCUT2D eigenvalue weighted by atomic mass is 35.5. The topological polar surface area (TPSA) is 27.7 Å². The first kappa shape index (κ1) is 17.9. The van der Waals surface area contributed by atoms with Crippen molar-refractivity contribution in [3.63, 3.8) is 0 Å². The number of ether oxygens (including phenoxy) is 3. The summed E-state index contributed by atoms with van der Waals surface area (Å²) >= 11 is 6.89. The number of hydrogen-bond acceptors (Lipinski definition) is 3. The predicted octanol–water partition coefficient (Wildman–Crippen LogP) is 6.98. The fraction of sp³-hybridized carbons (Fsp3) is 0.120. The molecule has 0 heterocycles. The first-order valence-corrected chi connectivity index (χ1v) is 9.70. The molecule has 0 unspecified atom stereocenters. The van der Waals surface area contributed by atoms with Crippen molar-refractivity contribution in [3.05, 3.63) is 65.7 Å². The smallest absolute Gasteiger partial charge is 0.168 e. The number of halogens is 1. The van der Waals surface area contributed by atoms with Crippen LogP contribution in [0.25, 0.3) is 43.1 Å². The summed E-state index contributed by atoms with van der Waals surface area (Å²) in [5, 5.41) is 9.35. The highest BCUT2D eigenvalue weighted by Gasteiger charge is 2.15. The number of rotatable bonds is 3. The summed E-state index contributed by atoms with van der Waals surface area (Å²) in [6.07, 6.45) is 0. The Morgan fingerprint density at radius 1 is 0.552 bits per heavy atom. The number of methoxy groups -OCH3 is 3. The van der Waals surface area contributed by atoms with Crippen LogP contribution < -0.4 is 14.2 Å². The minimum absolute atomic E-state index is 0.712. The van der Waals surface area contributed by atoms with E-state index in [2.05, 4.69) is 36.4 Å². The van der Waals surface area contributed by atoms with Crippen LogP contribution in [0.2, 0.25) is 5.02 Å². The molecule has 29 heavy (non-hydrogen) atoms. The summed E-state index contributed by atoms with van der Waals surface area (Å²) in [6.45, 7) is 0. The molecular weight excluding hydrogens is 384 g/mol. The average molecular weight is 403 g/mol. The Bertz CT molecular complexity index is 1420. The SMILES string of the molecule is COc1ccc2c(ccc3c(Cl)c4ccc5c(OC)c(OC)ccc5c4cc32)c1. The van der Waals surface area contributed by atoms with E-state index >= 15 is 0 Å². The van der Waals surface area contributed by atoms with Crippen LogP contribution in [-0.4, -0.2) is 21.3 Å². The van der Waals surface area contributed by atoms with Crippen LogP contribution in [0, 0.1) is 0 Å². The van der Waals surface area contributed by atoms with Crippen molar-refractivity contribution in [1.82, 2.24) is 0 Å². The molecule has 4 heteroatoms. The summed E-state index contributed by atoms with van der Waals surface area (Å²) in [5.74, 6) is 2.28. The van der Waals surface area contributed by atoms with Gasteiger partial charge in [0.1, 0.15) is 5.75 Å². The molecule has 0 aliphatic heterocycles. The minimum atomic E-state index is 0.712. The van der Waals surface area contributed by atoms with Gasteiger partial charge in [-0.25, -0.2) is 0 Å². The molecule has 0 aliphatic carbocycles. The van der Waals surface area contributed by atoms with Gasteiger partial charge in [-0.15, -0.1) is 0 Å². The zero-order chi connectivity index (χ0) is 20.1. The molecule has 144 valence electrons. The lowest BCUT2D eigenvalue weighted by atomic mass is 9.94. The second-order valence-corrected chi connectivity index (χ2v) is 7.37. The molecule has 0 aliphatic rings. The van der Waals surface area contributed by atoms with Gasteiger partial charge in [0, 0.05) is 16.2 Å². The quantitative estimate of drug-likeness (QED) is 0.240. The normalized spacial score (nSPS) is 11.4. The highest BCUT2D eigenvalue weighted by molar-refractivity contribution is 6.42.